The molecule has 1 aromatic rings. The Balaban J connectivity index is 1.73. The summed E-state index contributed by atoms with van der Waals surface area (Å²) in [6.07, 6.45) is 1.26. The molecule has 2 heterocycles. The number of hydrogen-bond donors (Lipinski definition) is 0. The first-order valence-electron chi connectivity index (χ1n) is 9.53. The molecule has 1 aromatic carbocycles. The highest BCUT2D eigenvalue weighted by Crippen LogP contribution is 2.42. The van der Waals surface area contributed by atoms with Crippen LogP contribution in [0.2, 0.25) is 0 Å². The number of nitrogens with zero attached hydrogens (tertiary/aromatic N) is 3. The van der Waals surface area contributed by atoms with Crippen molar-refractivity contribution < 1.29 is 32.2 Å². The number of carbonyl (C=O) groups is 2. The number of hydrogen-bond acceptors (Lipinski definition) is 7. The Labute approximate surface area is 176 Å². The van der Waals surface area contributed by atoms with E-state index in [1.807, 2.05) is 0 Å². The van der Waals surface area contributed by atoms with Gasteiger partial charge in [0.15, 0.2) is 11.5 Å². The molecule has 2 amide bonds. The van der Waals surface area contributed by atoms with Gasteiger partial charge in [0.05, 0.1) is 39.2 Å². The fourth-order valence-electron chi connectivity index (χ4n) is 3.84. The molecule has 0 radical (unpaired) electrons. The van der Waals surface area contributed by atoms with Crippen molar-refractivity contribution >= 4 is 27.5 Å². The summed E-state index contributed by atoms with van der Waals surface area (Å²) < 4.78 is 40.7. The molecule has 0 aromatic heterocycles. The normalized spacial score (nSPS) is 20.4. The topological polar surface area (TPSA) is 106 Å². The summed E-state index contributed by atoms with van der Waals surface area (Å²) in [5.74, 6) is 0.481. The molecule has 0 N–H and O–H groups in total. The minimum Gasteiger partial charge on any atom is -0.493 e. The van der Waals surface area contributed by atoms with Crippen molar-refractivity contribution in [1.29, 1.82) is 0 Å². The van der Waals surface area contributed by atoms with Crippen LogP contribution in [-0.2, 0) is 19.6 Å². The zero-order valence-electron chi connectivity index (χ0n) is 17.6. The van der Waals surface area contributed by atoms with Gasteiger partial charge >= 0.3 is 0 Å². The van der Waals surface area contributed by atoms with Crippen LogP contribution in [0.25, 0.3) is 0 Å². The minimum atomic E-state index is -3.27. The molecule has 0 saturated carbocycles. The Kier molecular flexibility index (Phi) is 6.41. The average molecular weight is 442 g/mol. The van der Waals surface area contributed by atoms with Crippen LogP contribution in [0.3, 0.4) is 0 Å². The summed E-state index contributed by atoms with van der Waals surface area (Å²) in [6.45, 7) is 1.41. The van der Waals surface area contributed by atoms with E-state index in [9.17, 15) is 18.0 Å². The quantitative estimate of drug-likeness (QED) is 0.620. The molecule has 30 heavy (non-hydrogen) atoms. The van der Waals surface area contributed by atoms with Crippen molar-refractivity contribution in [3.63, 3.8) is 0 Å². The van der Waals surface area contributed by atoms with Crippen LogP contribution >= 0.6 is 0 Å². The second kappa shape index (κ2) is 8.68. The molecular formula is C19H27N3O7S. The lowest BCUT2D eigenvalue weighted by Crippen LogP contribution is -2.51. The lowest BCUT2D eigenvalue weighted by Gasteiger charge is -2.34. The molecular weight excluding hydrogens is 414 g/mol. The Morgan fingerprint density at radius 2 is 1.57 bits per heavy atom. The lowest BCUT2D eigenvalue weighted by molar-refractivity contribution is -0.136. The maximum atomic E-state index is 12.9. The molecule has 1 atom stereocenters. The maximum Gasteiger partial charge on any atom is 0.228 e. The van der Waals surface area contributed by atoms with Gasteiger partial charge in [0.2, 0.25) is 27.6 Å². The number of sulfonamides is 1. The van der Waals surface area contributed by atoms with Gasteiger partial charge < -0.3 is 24.0 Å². The van der Waals surface area contributed by atoms with Crippen molar-refractivity contribution in [3.05, 3.63) is 12.1 Å². The Hall–Kier alpha value is -2.53. The third kappa shape index (κ3) is 4.31. The molecule has 10 nitrogen and oxygen atoms in total. The molecule has 0 bridgehead atoms. The van der Waals surface area contributed by atoms with Crippen LogP contribution in [0.4, 0.5) is 5.69 Å². The second-order valence-corrected chi connectivity index (χ2v) is 9.26. The molecule has 2 aliphatic heterocycles. The van der Waals surface area contributed by atoms with E-state index in [0.717, 1.165) is 6.26 Å². The molecule has 11 heteroatoms. The highest BCUT2D eigenvalue weighted by molar-refractivity contribution is 7.88. The Bertz CT molecular complexity index is 901. The summed E-state index contributed by atoms with van der Waals surface area (Å²) in [7, 11) is 1.22. The van der Waals surface area contributed by atoms with E-state index in [0.29, 0.717) is 36.0 Å². The molecule has 2 fully saturated rings. The summed E-state index contributed by atoms with van der Waals surface area (Å²) in [5.41, 5.74) is 0.562. The smallest absolute Gasteiger partial charge is 0.228 e. The van der Waals surface area contributed by atoms with E-state index in [4.69, 9.17) is 14.2 Å². The zero-order valence-corrected chi connectivity index (χ0v) is 18.4. The number of anilines is 1. The molecule has 166 valence electrons. The van der Waals surface area contributed by atoms with Gasteiger partial charge in [-0.2, -0.15) is 4.31 Å². The van der Waals surface area contributed by atoms with E-state index in [-0.39, 0.29) is 37.9 Å². The summed E-state index contributed by atoms with van der Waals surface area (Å²) >= 11 is 0. The number of piperazine rings is 1. The first-order chi connectivity index (χ1) is 14.2. The highest BCUT2D eigenvalue weighted by Gasteiger charge is 2.39. The Morgan fingerprint density at radius 1 is 1.00 bits per heavy atom. The van der Waals surface area contributed by atoms with Gasteiger partial charge in [0, 0.05) is 51.3 Å². The predicted octanol–water partition coefficient (Wildman–Crippen LogP) is 0.169. The van der Waals surface area contributed by atoms with Crippen LogP contribution in [-0.4, -0.2) is 89.7 Å². The summed E-state index contributed by atoms with van der Waals surface area (Å²) in [6, 6.07) is 3.36. The van der Waals surface area contributed by atoms with E-state index >= 15 is 0 Å². The van der Waals surface area contributed by atoms with Crippen molar-refractivity contribution in [1.82, 2.24) is 9.21 Å². The van der Waals surface area contributed by atoms with Crippen molar-refractivity contribution in [2.45, 2.75) is 6.42 Å². The van der Waals surface area contributed by atoms with Gasteiger partial charge in [-0.05, 0) is 0 Å². The molecule has 2 aliphatic rings. The standard InChI is InChI=1S/C19H27N3O7S/c1-27-15-10-14(11-16(28-2)18(15)29-3)22-12-13(9-17(22)23)19(24)20-5-7-21(8-6-20)30(4,25)26/h10-11,13H,5-9,12H2,1-4H3. The number of methoxy groups -OCH3 is 3. The van der Waals surface area contributed by atoms with Gasteiger partial charge in [-0.15, -0.1) is 0 Å². The number of amides is 2. The number of carbonyl (C=O) groups excluding carboxylic acids is 2. The highest BCUT2D eigenvalue weighted by atomic mass is 32.2. The van der Waals surface area contributed by atoms with Crippen molar-refractivity contribution in [2.24, 2.45) is 5.92 Å². The molecule has 2 saturated heterocycles. The number of benzene rings is 1. The predicted molar refractivity (Wildman–Crippen MR) is 110 cm³/mol. The SMILES string of the molecule is COc1cc(N2CC(C(=O)N3CCN(S(C)(=O)=O)CC3)CC2=O)cc(OC)c1OC. The van der Waals surface area contributed by atoms with Crippen LogP contribution in [0.15, 0.2) is 12.1 Å². The van der Waals surface area contributed by atoms with Gasteiger partial charge in [-0.25, -0.2) is 8.42 Å². The van der Waals surface area contributed by atoms with Crippen LogP contribution < -0.4 is 19.1 Å². The number of ether oxygens (including phenoxy) is 3. The largest absolute Gasteiger partial charge is 0.493 e. The number of rotatable bonds is 6. The van der Waals surface area contributed by atoms with Crippen LogP contribution in [0, 0.1) is 5.92 Å². The van der Waals surface area contributed by atoms with Crippen molar-refractivity contribution in [3.8, 4) is 17.2 Å². The van der Waals surface area contributed by atoms with E-state index in [1.54, 1.807) is 21.9 Å². The van der Waals surface area contributed by atoms with E-state index < -0.39 is 15.9 Å². The maximum absolute atomic E-state index is 12.9. The van der Waals surface area contributed by atoms with Crippen molar-refractivity contribution in [2.75, 3.05) is 65.2 Å². The zero-order chi connectivity index (χ0) is 22.1. The molecule has 0 spiro atoms. The van der Waals surface area contributed by atoms with Gasteiger partial charge in [-0.3, -0.25) is 9.59 Å². The first kappa shape index (κ1) is 22.2. The molecule has 1 unspecified atom stereocenters. The van der Waals surface area contributed by atoms with Gasteiger partial charge in [-0.1, -0.05) is 0 Å². The first-order valence-corrected chi connectivity index (χ1v) is 11.4. The van der Waals surface area contributed by atoms with Crippen LogP contribution in [0.5, 0.6) is 17.2 Å². The minimum absolute atomic E-state index is 0.0990. The molecule has 0 aliphatic carbocycles. The van der Waals surface area contributed by atoms with Gasteiger partial charge in [0.25, 0.3) is 0 Å². The summed E-state index contributed by atoms with van der Waals surface area (Å²) in [5, 5.41) is 0. The fourth-order valence-corrected chi connectivity index (χ4v) is 4.67. The van der Waals surface area contributed by atoms with Gasteiger partial charge in [0.1, 0.15) is 0 Å². The van der Waals surface area contributed by atoms with E-state index in [1.165, 1.54) is 25.6 Å². The third-order valence-electron chi connectivity index (χ3n) is 5.45. The average Bonchev–Trinajstić information content (AvgIpc) is 3.13. The fraction of sp³-hybridized carbons (Fsp3) is 0.579. The third-order valence-corrected chi connectivity index (χ3v) is 6.76. The van der Waals surface area contributed by atoms with Crippen LogP contribution in [0.1, 0.15) is 6.42 Å². The monoisotopic (exact) mass is 441 g/mol. The van der Waals surface area contributed by atoms with E-state index in [2.05, 4.69) is 0 Å². The second-order valence-electron chi connectivity index (χ2n) is 7.28. The molecule has 3 rings (SSSR count). The summed E-state index contributed by atoms with van der Waals surface area (Å²) in [4.78, 5) is 28.8. The lowest BCUT2D eigenvalue weighted by atomic mass is 10.1. The Morgan fingerprint density at radius 3 is 2.03 bits per heavy atom.